The summed E-state index contributed by atoms with van der Waals surface area (Å²) < 4.78 is 4.62. The van der Waals surface area contributed by atoms with E-state index in [0.29, 0.717) is 36.8 Å². The van der Waals surface area contributed by atoms with Crippen molar-refractivity contribution in [3.8, 4) is 0 Å². The first-order chi connectivity index (χ1) is 9.29. The molecule has 2 N–H and O–H groups in total. The number of rotatable bonds is 6. The number of aromatic nitrogens is 4. The molecule has 0 aromatic carbocycles. The molecule has 0 aliphatic rings. The summed E-state index contributed by atoms with van der Waals surface area (Å²) in [4.78, 5) is 15.4. The third kappa shape index (κ3) is 3.73. The molecule has 0 radical (unpaired) electrons. The number of hydrogen-bond donors (Lipinski definition) is 2. The molecular formula is C11H14N6O2. The molecule has 2 heterocycles. The van der Waals surface area contributed by atoms with Crippen LogP contribution in [0.15, 0.2) is 23.0 Å². The Morgan fingerprint density at radius 2 is 2.26 bits per heavy atom. The fourth-order valence-electron chi connectivity index (χ4n) is 1.40. The molecule has 8 nitrogen and oxygen atoms in total. The smallest absolute Gasteiger partial charge is 0.271 e. The highest BCUT2D eigenvalue weighted by atomic mass is 16.5. The predicted octanol–water partition coefficient (Wildman–Crippen LogP) is 0.264. The van der Waals surface area contributed by atoms with Crippen LogP contribution < -0.4 is 10.6 Å². The molecule has 0 fully saturated rings. The van der Waals surface area contributed by atoms with Crippen LogP contribution >= 0.6 is 0 Å². The zero-order valence-electron chi connectivity index (χ0n) is 10.5. The van der Waals surface area contributed by atoms with Gasteiger partial charge < -0.3 is 15.2 Å². The quantitative estimate of drug-likeness (QED) is 0.769. The number of nitrogens with zero attached hydrogens (tertiary/aromatic N) is 4. The van der Waals surface area contributed by atoms with Crippen LogP contribution in [0.1, 0.15) is 23.2 Å². The van der Waals surface area contributed by atoms with E-state index in [-0.39, 0.29) is 5.91 Å². The van der Waals surface area contributed by atoms with E-state index in [9.17, 15) is 4.79 Å². The highest BCUT2D eigenvalue weighted by Gasteiger charge is 2.06. The lowest BCUT2D eigenvalue weighted by Gasteiger charge is -2.04. The fourth-order valence-corrected chi connectivity index (χ4v) is 1.40. The molecule has 0 spiro atoms. The van der Waals surface area contributed by atoms with E-state index in [1.807, 2.05) is 6.92 Å². The van der Waals surface area contributed by atoms with Crippen molar-refractivity contribution in [2.75, 3.05) is 18.4 Å². The van der Waals surface area contributed by atoms with Crippen molar-refractivity contribution < 1.29 is 9.32 Å². The monoisotopic (exact) mass is 262 g/mol. The molecule has 1 amide bonds. The Morgan fingerprint density at radius 3 is 2.89 bits per heavy atom. The molecule has 19 heavy (non-hydrogen) atoms. The van der Waals surface area contributed by atoms with E-state index in [0.717, 1.165) is 0 Å². The molecule has 2 rings (SSSR count). The Hall–Kier alpha value is -2.51. The molecule has 0 unspecified atom stereocenters. The second-order valence-electron chi connectivity index (χ2n) is 3.69. The molecule has 0 bridgehead atoms. The van der Waals surface area contributed by atoms with Crippen LogP contribution in [-0.2, 0) is 6.42 Å². The lowest BCUT2D eigenvalue weighted by Crippen LogP contribution is -2.24. The Bertz CT molecular complexity index is 510. The normalized spacial score (nSPS) is 10.2. The molecular weight excluding hydrogens is 248 g/mol. The summed E-state index contributed by atoms with van der Waals surface area (Å²) in [5.41, 5.74) is 0.297. The Balaban J connectivity index is 1.83. The Morgan fingerprint density at radius 1 is 1.37 bits per heavy atom. The number of carbonyl (C=O) groups is 1. The van der Waals surface area contributed by atoms with Gasteiger partial charge >= 0.3 is 0 Å². The summed E-state index contributed by atoms with van der Waals surface area (Å²) in [5, 5.41) is 17.2. The van der Waals surface area contributed by atoms with Crippen molar-refractivity contribution in [3.63, 3.8) is 0 Å². The van der Waals surface area contributed by atoms with Gasteiger partial charge in [-0.2, -0.15) is 4.98 Å². The van der Waals surface area contributed by atoms with E-state index in [4.69, 9.17) is 0 Å². The van der Waals surface area contributed by atoms with Crippen LogP contribution in [0.4, 0.5) is 5.82 Å². The standard InChI is InChI=1S/C11H14N6O2/c1-2-12-11(18)8-3-4-9(16-15-8)13-6-5-10-14-7-19-17-10/h3-4,7H,2,5-6H2,1H3,(H,12,18)(H,13,16). The Kier molecular flexibility index (Phi) is 4.38. The van der Waals surface area contributed by atoms with Crippen molar-refractivity contribution in [2.45, 2.75) is 13.3 Å². The van der Waals surface area contributed by atoms with Gasteiger partial charge in [-0.05, 0) is 19.1 Å². The third-order valence-electron chi connectivity index (χ3n) is 2.30. The summed E-state index contributed by atoms with van der Waals surface area (Å²) in [6.07, 6.45) is 1.91. The molecule has 2 aromatic heterocycles. The van der Waals surface area contributed by atoms with Gasteiger partial charge in [0.1, 0.15) is 5.82 Å². The molecule has 0 aliphatic carbocycles. The van der Waals surface area contributed by atoms with E-state index in [1.54, 1.807) is 12.1 Å². The van der Waals surface area contributed by atoms with E-state index >= 15 is 0 Å². The van der Waals surface area contributed by atoms with Gasteiger partial charge in [-0.1, -0.05) is 5.16 Å². The highest BCUT2D eigenvalue weighted by Crippen LogP contribution is 2.02. The SMILES string of the molecule is CCNC(=O)c1ccc(NCCc2ncon2)nn1. The topological polar surface area (TPSA) is 106 Å². The summed E-state index contributed by atoms with van der Waals surface area (Å²) in [6.45, 7) is 3.01. The zero-order valence-corrected chi connectivity index (χ0v) is 10.5. The molecule has 0 saturated heterocycles. The lowest BCUT2D eigenvalue weighted by atomic mass is 10.3. The number of anilines is 1. The number of hydrogen-bond acceptors (Lipinski definition) is 7. The first kappa shape index (κ1) is 12.9. The van der Waals surface area contributed by atoms with Crippen molar-refractivity contribution >= 4 is 11.7 Å². The molecule has 0 aliphatic heterocycles. The van der Waals surface area contributed by atoms with Crippen LogP contribution in [0.25, 0.3) is 0 Å². The van der Waals surface area contributed by atoms with Gasteiger partial charge in [0.05, 0.1) is 0 Å². The van der Waals surface area contributed by atoms with E-state index < -0.39 is 0 Å². The van der Waals surface area contributed by atoms with Crippen molar-refractivity contribution in [2.24, 2.45) is 0 Å². The van der Waals surface area contributed by atoms with Gasteiger partial charge in [0.25, 0.3) is 5.91 Å². The molecule has 100 valence electrons. The van der Waals surface area contributed by atoms with Gasteiger partial charge in [0, 0.05) is 19.5 Å². The number of amides is 1. The summed E-state index contributed by atoms with van der Waals surface area (Å²) in [7, 11) is 0. The van der Waals surface area contributed by atoms with Crippen LogP contribution in [0.2, 0.25) is 0 Å². The molecule has 2 aromatic rings. The number of carbonyl (C=O) groups excluding carboxylic acids is 1. The predicted molar refractivity (Wildman–Crippen MR) is 66.5 cm³/mol. The van der Waals surface area contributed by atoms with Gasteiger partial charge in [-0.3, -0.25) is 4.79 Å². The van der Waals surface area contributed by atoms with Crippen molar-refractivity contribution in [3.05, 3.63) is 30.0 Å². The minimum absolute atomic E-state index is 0.228. The highest BCUT2D eigenvalue weighted by molar-refractivity contribution is 5.92. The van der Waals surface area contributed by atoms with Gasteiger partial charge in [0.2, 0.25) is 6.39 Å². The first-order valence-electron chi connectivity index (χ1n) is 5.90. The third-order valence-corrected chi connectivity index (χ3v) is 2.30. The van der Waals surface area contributed by atoms with Crippen molar-refractivity contribution in [1.29, 1.82) is 0 Å². The molecule has 8 heteroatoms. The molecule has 0 atom stereocenters. The maximum absolute atomic E-state index is 11.5. The van der Waals surface area contributed by atoms with E-state index in [1.165, 1.54) is 6.39 Å². The minimum Gasteiger partial charge on any atom is -0.368 e. The maximum Gasteiger partial charge on any atom is 0.271 e. The largest absolute Gasteiger partial charge is 0.368 e. The van der Waals surface area contributed by atoms with Crippen LogP contribution in [-0.4, -0.2) is 39.3 Å². The zero-order chi connectivity index (χ0) is 13.5. The summed E-state index contributed by atoms with van der Waals surface area (Å²) in [5.74, 6) is 0.990. The van der Waals surface area contributed by atoms with Crippen LogP contribution in [0.5, 0.6) is 0 Å². The summed E-state index contributed by atoms with van der Waals surface area (Å²) in [6, 6.07) is 3.32. The summed E-state index contributed by atoms with van der Waals surface area (Å²) >= 11 is 0. The lowest BCUT2D eigenvalue weighted by molar-refractivity contribution is 0.0950. The number of nitrogens with one attached hydrogen (secondary N) is 2. The second-order valence-corrected chi connectivity index (χ2v) is 3.69. The maximum atomic E-state index is 11.5. The average Bonchev–Trinajstić information content (AvgIpc) is 2.93. The fraction of sp³-hybridized carbons (Fsp3) is 0.364. The second kappa shape index (κ2) is 6.43. The average molecular weight is 262 g/mol. The first-order valence-corrected chi connectivity index (χ1v) is 5.90. The van der Waals surface area contributed by atoms with Gasteiger partial charge in [-0.15, -0.1) is 10.2 Å². The minimum atomic E-state index is -0.228. The van der Waals surface area contributed by atoms with Gasteiger partial charge in [-0.25, -0.2) is 0 Å². The van der Waals surface area contributed by atoms with Crippen LogP contribution in [0, 0.1) is 0 Å². The van der Waals surface area contributed by atoms with Gasteiger partial charge in [0.15, 0.2) is 11.5 Å². The van der Waals surface area contributed by atoms with E-state index in [2.05, 4.69) is 35.5 Å². The van der Waals surface area contributed by atoms with Crippen molar-refractivity contribution in [1.82, 2.24) is 25.7 Å². The van der Waals surface area contributed by atoms with Crippen LogP contribution in [0.3, 0.4) is 0 Å². The molecule has 0 saturated carbocycles. The Labute approximate surface area is 109 Å².